The average Bonchev–Trinajstić information content (AvgIpc) is 2.90. The fourth-order valence-electron chi connectivity index (χ4n) is 2.17. The Kier molecular flexibility index (Phi) is 4.86. The second-order valence-corrected chi connectivity index (χ2v) is 6.12. The monoisotopic (exact) mass is 294 g/mol. The molecule has 2 N–H and O–H groups in total. The molecule has 1 aromatic carbocycles. The minimum absolute atomic E-state index is 0.405. The summed E-state index contributed by atoms with van der Waals surface area (Å²) in [5.74, 6) is 0. The second-order valence-electron chi connectivity index (χ2n) is 4.69. The number of nitrogens with two attached hydrogens (primary N) is 1. The molecule has 0 saturated carbocycles. The van der Waals surface area contributed by atoms with Crippen LogP contribution in [0, 0.1) is 0 Å². The number of likely N-dealkylation sites (N-methyl/N-ethyl adjacent to an activating group) is 1. The van der Waals surface area contributed by atoms with Crippen molar-refractivity contribution in [2.45, 2.75) is 25.9 Å². The van der Waals surface area contributed by atoms with Crippen molar-refractivity contribution < 1.29 is 0 Å². The second kappa shape index (κ2) is 6.42. The van der Waals surface area contributed by atoms with Gasteiger partial charge in [-0.05, 0) is 30.5 Å². The summed E-state index contributed by atoms with van der Waals surface area (Å²) >= 11 is 8.02. The molecular formula is C15H19ClN2S. The Morgan fingerprint density at radius 3 is 2.74 bits per heavy atom. The molecule has 0 bridgehead atoms. The molecule has 2 rings (SSSR count). The van der Waals surface area contributed by atoms with Gasteiger partial charge in [0.05, 0.1) is 0 Å². The number of rotatable bonds is 5. The van der Waals surface area contributed by atoms with Crippen LogP contribution < -0.4 is 10.6 Å². The summed E-state index contributed by atoms with van der Waals surface area (Å²) in [6.07, 6.45) is 1.03. The first-order valence-electron chi connectivity index (χ1n) is 6.36. The van der Waals surface area contributed by atoms with E-state index in [0.717, 1.165) is 22.7 Å². The van der Waals surface area contributed by atoms with Gasteiger partial charge in [-0.2, -0.15) is 0 Å². The maximum atomic E-state index is 6.22. The highest BCUT2D eigenvalue weighted by Crippen LogP contribution is 2.28. The fraction of sp³-hybridized carbons (Fsp3) is 0.333. The summed E-state index contributed by atoms with van der Waals surface area (Å²) in [5, 5.41) is 2.86. The van der Waals surface area contributed by atoms with E-state index in [9.17, 15) is 0 Å². The number of hydrogen-bond acceptors (Lipinski definition) is 3. The molecule has 2 nitrogen and oxygen atoms in total. The smallest absolute Gasteiger partial charge is 0.0471 e. The predicted molar refractivity (Wildman–Crippen MR) is 85.2 cm³/mol. The van der Waals surface area contributed by atoms with Gasteiger partial charge in [-0.3, -0.25) is 0 Å². The van der Waals surface area contributed by atoms with Crippen molar-refractivity contribution in [2.24, 2.45) is 5.73 Å². The highest BCUT2D eigenvalue weighted by atomic mass is 35.5. The van der Waals surface area contributed by atoms with Crippen molar-refractivity contribution in [1.29, 1.82) is 0 Å². The largest absolute Gasteiger partial charge is 0.371 e. The summed E-state index contributed by atoms with van der Waals surface area (Å²) in [7, 11) is 2.10. The number of nitrogens with zero attached hydrogens (tertiary/aromatic N) is 1. The summed E-state index contributed by atoms with van der Waals surface area (Å²) in [4.78, 5) is 3.66. The van der Waals surface area contributed by atoms with Crippen molar-refractivity contribution in [3.63, 3.8) is 0 Å². The van der Waals surface area contributed by atoms with Crippen molar-refractivity contribution in [3.05, 3.63) is 51.2 Å². The van der Waals surface area contributed by atoms with Gasteiger partial charge in [0.2, 0.25) is 0 Å². The lowest BCUT2D eigenvalue weighted by Gasteiger charge is -2.29. The lowest BCUT2D eigenvalue weighted by Crippen LogP contribution is -2.31. The molecule has 0 aliphatic carbocycles. The van der Waals surface area contributed by atoms with Gasteiger partial charge in [0.15, 0.2) is 0 Å². The summed E-state index contributed by atoms with van der Waals surface area (Å²) < 4.78 is 0. The van der Waals surface area contributed by atoms with E-state index in [1.807, 2.05) is 12.1 Å². The first-order chi connectivity index (χ1) is 9.13. The molecule has 0 aliphatic heterocycles. The molecule has 1 heterocycles. The lowest BCUT2D eigenvalue weighted by atomic mass is 10.1. The van der Waals surface area contributed by atoms with Crippen molar-refractivity contribution in [2.75, 3.05) is 11.9 Å². The number of benzene rings is 1. The Labute approximate surface area is 123 Å². The molecule has 19 heavy (non-hydrogen) atoms. The number of anilines is 1. The Balaban J connectivity index is 2.19. The van der Waals surface area contributed by atoms with Gasteiger partial charge in [-0.15, -0.1) is 11.3 Å². The normalized spacial score (nSPS) is 12.4. The van der Waals surface area contributed by atoms with Crippen LogP contribution in [0.4, 0.5) is 5.69 Å². The maximum Gasteiger partial charge on any atom is 0.0471 e. The van der Waals surface area contributed by atoms with Gasteiger partial charge < -0.3 is 10.6 Å². The Bertz CT molecular complexity index is 525. The predicted octanol–water partition coefficient (Wildman–Crippen LogP) is 3.93. The zero-order valence-corrected chi connectivity index (χ0v) is 12.8. The third kappa shape index (κ3) is 3.30. The van der Waals surface area contributed by atoms with E-state index in [1.165, 1.54) is 4.88 Å². The van der Waals surface area contributed by atoms with Crippen LogP contribution in [0.3, 0.4) is 0 Å². The van der Waals surface area contributed by atoms with Crippen LogP contribution in [0.25, 0.3) is 0 Å². The number of halogens is 1. The van der Waals surface area contributed by atoms with Crippen LogP contribution in [0.5, 0.6) is 0 Å². The summed E-state index contributed by atoms with van der Waals surface area (Å²) in [6, 6.07) is 10.6. The summed E-state index contributed by atoms with van der Waals surface area (Å²) in [5.41, 5.74) is 7.96. The zero-order valence-electron chi connectivity index (χ0n) is 11.3. The van der Waals surface area contributed by atoms with Crippen LogP contribution >= 0.6 is 22.9 Å². The van der Waals surface area contributed by atoms with E-state index >= 15 is 0 Å². The molecule has 1 aromatic heterocycles. The van der Waals surface area contributed by atoms with Gasteiger partial charge in [0.25, 0.3) is 0 Å². The van der Waals surface area contributed by atoms with Crippen LogP contribution in [0.1, 0.15) is 17.4 Å². The van der Waals surface area contributed by atoms with E-state index in [4.69, 9.17) is 17.3 Å². The van der Waals surface area contributed by atoms with Gasteiger partial charge in [0.1, 0.15) is 0 Å². The van der Waals surface area contributed by atoms with E-state index in [-0.39, 0.29) is 0 Å². The molecule has 0 aliphatic rings. The molecule has 0 radical (unpaired) electrons. The first-order valence-corrected chi connectivity index (χ1v) is 7.62. The minimum atomic E-state index is 0.405. The Hall–Kier alpha value is -1.03. The van der Waals surface area contributed by atoms with Crippen LogP contribution in [0.2, 0.25) is 5.02 Å². The highest BCUT2D eigenvalue weighted by molar-refractivity contribution is 7.09. The molecular weight excluding hydrogens is 276 g/mol. The summed E-state index contributed by atoms with van der Waals surface area (Å²) in [6.45, 7) is 2.69. The highest BCUT2D eigenvalue weighted by Gasteiger charge is 2.15. The van der Waals surface area contributed by atoms with Crippen LogP contribution in [0.15, 0.2) is 35.7 Å². The molecule has 0 saturated heterocycles. The third-order valence-corrected chi connectivity index (χ3v) is 4.67. The first kappa shape index (κ1) is 14.4. The van der Waals surface area contributed by atoms with Crippen molar-refractivity contribution in [3.8, 4) is 0 Å². The van der Waals surface area contributed by atoms with E-state index in [1.54, 1.807) is 11.3 Å². The van der Waals surface area contributed by atoms with Gasteiger partial charge in [0, 0.05) is 47.2 Å². The number of hydrogen-bond donors (Lipinski definition) is 1. The molecule has 0 spiro atoms. The molecule has 1 atom stereocenters. The molecule has 1 unspecified atom stereocenters. The lowest BCUT2D eigenvalue weighted by molar-refractivity contribution is 0.685. The molecule has 0 fully saturated rings. The van der Waals surface area contributed by atoms with Crippen LogP contribution in [-0.2, 0) is 13.0 Å². The minimum Gasteiger partial charge on any atom is -0.371 e. The fourth-order valence-corrected chi connectivity index (χ4v) is 3.25. The third-order valence-electron chi connectivity index (χ3n) is 3.42. The van der Waals surface area contributed by atoms with Gasteiger partial charge in [-0.1, -0.05) is 23.7 Å². The standard InChI is InChI=1S/C15H19ClN2S/c1-11(9-12-5-4-8-19-12)18(2)15-7-3-6-14(16)13(15)10-17/h3-8,11H,9-10,17H2,1-2H3. The topological polar surface area (TPSA) is 29.3 Å². The Morgan fingerprint density at radius 1 is 1.32 bits per heavy atom. The van der Waals surface area contributed by atoms with Crippen LogP contribution in [-0.4, -0.2) is 13.1 Å². The molecule has 0 amide bonds. The Morgan fingerprint density at radius 2 is 2.11 bits per heavy atom. The SMILES string of the molecule is CC(Cc1cccs1)N(C)c1cccc(Cl)c1CN. The van der Waals surface area contributed by atoms with E-state index in [0.29, 0.717) is 12.6 Å². The quantitative estimate of drug-likeness (QED) is 0.905. The molecule has 2 aromatic rings. The van der Waals surface area contributed by atoms with E-state index < -0.39 is 0 Å². The average molecular weight is 295 g/mol. The van der Waals surface area contributed by atoms with E-state index in [2.05, 4.69) is 42.5 Å². The zero-order chi connectivity index (χ0) is 13.8. The van der Waals surface area contributed by atoms with Crippen molar-refractivity contribution in [1.82, 2.24) is 0 Å². The molecule has 4 heteroatoms. The van der Waals surface area contributed by atoms with Gasteiger partial charge >= 0.3 is 0 Å². The molecule has 102 valence electrons. The number of thiophene rings is 1. The van der Waals surface area contributed by atoms with Crippen molar-refractivity contribution >= 4 is 28.6 Å². The maximum absolute atomic E-state index is 6.22. The van der Waals surface area contributed by atoms with Gasteiger partial charge in [-0.25, -0.2) is 0 Å².